The predicted octanol–water partition coefficient (Wildman–Crippen LogP) is 4.07. The molecule has 1 aromatic carbocycles. The highest BCUT2D eigenvalue weighted by Gasteiger charge is 2.54. The highest BCUT2D eigenvalue weighted by molar-refractivity contribution is 6.06. The van der Waals surface area contributed by atoms with Crippen molar-refractivity contribution in [2.24, 2.45) is 17.8 Å². The number of alkyl halides is 3. The number of carbonyl (C=O) groups is 1. The van der Waals surface area contributed by atoms with Crippen molar-refractivity contribution < 1.29 is 22.7 Å². The number of anilines is 1. The Kier molecular flexibility index (Phi) is 4.44. The Bertz CT molecular complexity index is 958. The predicted molar refractivity (Wildman–Crippen MR) is 96.3 cm³/mol. The maximum absolute atomic E-state index is 13.1. The van der Waals surface area contributed by atoms with E-state index in [1.807, 2.05) is 0 Å². The summed E-state index contributed by atoms with van der Waals surface area (Å²) in [5.41, 5.74) is -1.02. The van der Waals surface area contributed by atoms with E-state index in [1.54, 1.807) is 0 Å². The van der Waals surface area contributed by atoms with Crippen molar-refractivity contribution in [3.05, 3.63) is 58.0 Å². The molecule has 0 aliphatic heterocycles. The van der Waals surface area contributed by atoms with Crippen LogP contribution in [-0.2, 0) is 6.18 Å². The second-order valence-corrected chi connectivity index (χ2v) is 7.50. The van der Waals surface area contributed by atoms with E-state index in [1.165, 1.54) is 18.3 Å². The number of amides is 1. The monoisotopic (exact) mass is 392 g/mol. The summed E-state index contributed by atoms with van der Waals surface area (Å²) < 4.78 is 45.2. The first-order chi connectivity index (χ1) is 13.2. The molecular weight excluding hydrogens is 373 g/mol. The van der Waals surface area contributed by atoms with Crippen LogP contribution in [-0.4, -0.2) is 17.0 Å². The minimum absolute atomic E-state index is 0.00176. The smallest absolute Gasteiger partial charge is 0.416 e. The summed E-state index contributed by atoms with van der Waals surface area (Å²) in [7, 11) is 0. The van der Waals surface area contributed by atoms with E-state index < -0.39 is 23.2 Å². The molecule has 1 amide bonds. The third-order valence-electron chi connectivity index (χ3n) is 5.71. The Balaban J connectivity index is 1.59. The fourth-order valence-corrected chi connectivity index (χ4v) is 4.10. The fourth-order valence-electron chi connectivity index (χ4n) is 4.10. The zero-order valence-electron chi connectivity index (χ0n) is 15.0. The fraction of sp³-hybridized carbons (Fsp3) is 0.400. The lowest BCUT2D eigenvalue weighted by Crippen LogP contribution is -2.20. The van der Waals surface area contributed by atoms with Gasteiger partial charge in [0.1, 0.15) is 5.75 Å². The molecule has 2 fully saturated rings. The summed E-state index contributed by atoms with van der Waals surface area (Å²) in [4.78, 5) is 26.4. The summed E-state index contributed by atoms with van der Waals surface area (Å²) >= 11 is 0. The van der Waals surface area contributed by atoms with Gasteiger partial charge in [0.15, 0.2) is 0 Å². The lowest BCUT2D eigenvalue weighted by atomic mass is 10.1. The molecular formula is C20H19F3N2O3. The van der Waals surface area contributed by atoms with Gasteiger partial charge >= 0.3 is 6.18 Å². The van der Waals surface area contributed by atoms with E-state index in [0.717, 1.165) is 31.0 Å². The Hall–Kier alpha value is -2.77. The van der Waals surface area contributed by atoms with Crippen molar-refractivity contribution in [1.82, 2.24) is 4.98 Å². The SMILES string of the molecule is CC1C2CC(Oc3cc(C(F)(F)F)ccc3C(=O)Nc3cc[nH]c(=O)c3)CC12. The van der Waals surface area contributed by atoms with Gasteiger partial charge in [-0.25, -0.2) is 0 Å². The van der Waals surface area contributed by atoms with E-state index >= 15 is 0 Å². The average Bonchev–Trinajstić information content (AvgIpc) is 3.02. The number of fused-ring (bicyclic) bond motifs is 1. The number of rotatable bonds is 4. The lowest BCUT2D eigenvalue weighted by molar-refractivity contribution is -0.137. The second kappa shape index (κ2) is 6.68. The molecule has 4 rings (SSSR count). The maximum atomic E-state index is 13.1. The molecule has 2 aliphatic carbocycles. The third-order valence-corrected chi connectivity index (χ3v) is 5.71. The van der Waals surface area contributed by atoms with Gasteiger partial charge in [-0.1, -0.05) is 6.92 Å². The number of halogens is 3. The van der Waals surface area contributed by atoms with Crippen LogP contribution in [0.4, 0.5) is 18.9 Å². The Morgan fingerprint density at radius 1 is 1.18 bits per heavy atom. The largest absolute Gasteiger partial charge is 0.490 e. The normalized spacial score (nSPS) is 25.9. The number of pyridine rings is 1. The lowest BCUT2D eigenvalue weighted by Gasteiger charge is -2.20. The summed E-state index contributed by atoms with van der Waals surface area (Å²) in [6.45, 7) is 2.16. The molecule has 2 aliphatic rings. The number of hydrogen-bond donors (Lipinski definition) is 2. The van der Waals surface area contributed by atoms with E-state index in [0.29, 0.717) is 17.8 Å². The highest BCUT2D eigenvalue weighted by atomic mass is 19.4. The van der Waals surface area contributed by atoms with Gasteiger partial charge in [-0.2, -0.15) is 13.2 Å². The van der Waals surface area contributed by atoms with Gasteiger partial charge in [0, 0.05) is 18.0 Å². The van der Waals surface area contributed by atoms with Crippen LogP contribution in [0.3, 0.4) is 0 Å². The Morgan fingerprint density at radius 2 is 1.89 bits per heavy atom. The number of aromatic nitrogens is 1. The van der Waals surface area contributed by atoms with Crippen LogP contribution in [0.2, 0.25) is 0 Å². The van der Waals surface area contributed by atoms with E-state index in [4.69, 9.17) is 4.74 Å². The van der Waals surface area contributed by atoms with Crippen LogP contribution < -0.4 is 15.6 Å². The van der Waals surface area contributed by atoms with Crippen LogP contribution in [0.5, 0.6) is 5.75 Å². The van der Waals surface area contributed by atoms with Gasteiger partial charge < -0.3 is 15.0 Å². The highest BCUT2D eigenvalue weighted by Crippen LogP contribution is 2.57. The van der Waals surface area contributed by atoms with Gasteiger partial charge in [-0.3, -0.25) is 9.59 Å². The van der Waals surface area contributed by atoms with Gasteiger partial charge in [0.2, 0.25) is 5.56 Å². The van der Waals surface area contributed by atoms with Crippen molar-refractivity contribution in [3.8, 4) is 5.75 Å². The topological polar surface area (TPSA) is 71.2 Å². The molecule has 2 aromatic rings. The molecule has 1 heterocycles. The van der Waals surface area contributed by atoms with Crippen molar-refractivity contribution in [2.75, 3.05) is 5.32 Å². The molecule has 5 nitrogen and oxygen atoms in total. The summed E-state index contributed by atoms with van der Waals surface area (Å²) in [6, 6.07) is 5.51. The molecule has 1 aromatic heterocycles. The Labute approximate surface area is 158 Å². The first-order valence-electron chi connectivity index (χ1n) is 9.10. The first-order valence-corrected chi connectivity index (χ1v) is 9.10. The molecule has 2 unspecified atom stereocenters. The first kappa shape index (κ1) is 18.6. The zero-order valence-corrected chi connectivity index (χ0v) is 15.0. The van der Waals surface area contributed by atoms with Crippen LogP contribution in [0, 0.1) is 17.8 Å². The standard InChI is InChI=1S/C20H19F3N2O3/c1-10-15-8-13(9-16(10)15)28-17-6-11(20(21,22)23)2-3-14(17)19(27)25-12-4-5-24-18(26)7-12/h2-7,10,13,15-16H,8-9H2,1H3,(H2,24,25,26,27). The van der Waals surface area contributed by atoms with E-state index in [-0.39, 0.29) is 23.1 Å². The quantitative estimate of drug-likeness (QED) is 0.824. The van der Waals surface area contributed by atoms with Crippen LogP contribution in [0.1, 0.15) is 35.7 Å². The minimum atomic E-state index is -4.54. The molecule has 2 N–H and O–H groups in total. The third kappa shape index (κ3) is 3.63. The number of benzene rings is 1. The molecule has 0 radical (unpaired) electrons. The molecule has 0 spiro atoms. The summed E-state index contributed by atoms with van der Waals surface area (Å²) in [6.07, 6.45) is -1.78. The van der Waals surface area contributed by atoms with Crippen molar-refractivity contribution in [1.29, 1.82) is 0 Å². The van der Waals surface area contributed by atoms with Crippen LogP contribution >= 0.6 is 0 Å². The molecule has 2 saturated carbocycles. The van der Waals surface area contributed by atoms with Crippen molar-refractivity contribution >= 4 is 11.6 Å². The number of aromatic amines is 1. The van der Waals surface area contributed by atoms with Gasteiger partial charge in [-0.05, 0) is 54.9 Å². The Morgan fingerprint density at radius 3 is 2.54 bits per heavy atom. The number of ether oxygens (including phenoxy) is 1. The van der Waals surface area contributed by atoms with Crippen LogP contribution in [0.25, 0.3) is 0 Å². The number of carbonyl (C=O) groups excluding carboxylic acids is 1. The second-order valence-electron chi connectivity index (χ2n) is 7.50. The zero-order chi connectivity index (χ0) is 20.1. The number of hydrogen-bond acceptors (Lipinski definition) is 3. The van der Waals surface area contributed by atoms with Gasteiger partial charge in [0.25, 0.3) is 5.91 Å². The molecule has 2 atom stereocenters. The summed E-state index contributed by atoms with van der Waals surface area (Å²) in [5.74, 6) is 1.04. The number of nitrogens with one attached hydrogen (secondary N) is 2. The van der Waals surface area contributed by atoms with Crippen molar-refractivity contribution in [2.45, 2.75) is 32.0 Å². The maximum Gasteiger partial charge on any atom is 0.416 e. The molecule has 0 saturated heterocycles. The molecule has 148 valence electrons. The molecule has 8 heteroatoms. The van der Waals surface area contributed by atoms with Gasteiger partial charge in [-0.15, -0.1) is 0 Å². The van der Waals surface area contributed by atoms with E-state index in [9.17, 15) is 22.8 Å². The number of H-pyrrole nitrogens is 1. The minimum Gasteiger partial charge on any atom is -0.490 e. The molecule has 0 bridgehead atoms. The van der Waals surface area contributed by atoms with E-state index in [2.05, 4.69) is 17.2 Å². The summed E-state index contributed by atoms with van der Waals surface area (Å²) in [5, 5.41) is 2.53. The van der Waals surface area contributed by atoms with Crippen LogP contribution in [0.15, 0.2) is 41.3 Å². The van der Waals surface area contributed by atoms with Gasteiger partial charge in [0.05, 0.1) is 17.2 Å². The van der Waals surface area contributed by atoms with Crippen molar-refractivity contribution in [3.63, 3.8) is 0 Å². The average molecular weight is 392 g/mol. The molecule has 28 heavy (non-hydrogen) atoms.